The Morgan fingerprint density at radius 3 is 2.00 bits per heavy atom. The van der Waals surface area contributed by atoms with E-state index in [9.17, 15) is 4.57 Å². The maximum absolute atomic E-state index is 10.2. The van der Waals surface area contributed by atoms with Crippen LogP contribution < -0.4 is 5.09 Å². The van der Waals surface area contributed by atoms with Crippen LogP contribution >= 0.6 is 17.9 Å². The van der Waals surface area contributed by atoms with Crippen molar-refractivity contribution in [3.63, 3.8) is 0 Å². The lowest BCUT2D eigenvalue weighted by molar-refractivity contribution is 0.583. The lowest BCUT2D eigenvalue weighted by Gasteiger charge is -1.95. The van der Waals surface area contributed by atoms with Crippen molar-refractivity contribution in [2.45, 2.75) is 0 Å². The van der Waals surface area contributed by atoms with E-state index in [4.69, 9.17) is 11.2 Å². The van der Waals surface area contributed by atoms with E-state index in [1.54, 1.807) is 7.05 Å². The van der Waals surface area contributed by atoms with Gasteiger partial charge in [0.2, 0.25) is 6.65 Å². The summed E-state index contributed by atoms with van der Waals surface area (Å²) in [6.07, 6.45) is 0. The number of halogens is 1. The molecular formula is C2H7ClNOP. The SMILES string of the molecule is CNP(C)(=O)Cl. The third-order valence-corrected chi connectivity index (χ3v) is 1.71. The van der Waals surface area contributed by atoms with Crippen LogP contribution in [0.4, 0.5) is 0 Å². The predicted molar refractivity (Wildman–Crippen MR) is 28.4 cm³/mol. The van der Waals surface area contributed by atoms with Gasteiger partial charge in [0.25, 0.3) is 0 Å². The fraction of sp³-hybridized carbons (Fsp3) is 1.00. The summed E-state index contributed by atoms with van der Waals surface area (Å²) in [5.41, 5.74) is 0. The van der Waals surface area contributed by atoms with Gasteiger partial charge in [0.05, 0.1) is 0 Å². The molecular weight excluding hydrogens is 120 g/mol. The van der Waals surface area contributed by atoms with Gasteiger partial charge in [0.1, 0.15) is 0 Å². The summed E-state index contributed by atoms with van der Waals surface area (Å²) in [5.74, 6) is 0. The minimum absolute atomic E-state index is 1.45. The highest BCUT2D eigenvalue weighted by molar-refractivity contribution is 7.86. The average molecular weight is 128 g/mol. The largest absolute Gasteiger partial charge is 0.290 e. The second-order valence-electron chi connectivity index (χ2n) is 1.04. The van der Waals surface area contributed by atoms with E-state index < -0.39 is 6.65 Å². The van der Waals surface area contributed by atoms with Gasteiger partial charge in [-0.25, -0.2) is 0 Å². The zero-order valence-corrected chi connectivity index (χ0v) is 5.38. The summed E-state index contributed by atoms with van der Waals surface area (Å²) in [6, 6.07) is 0. The molecule has 0 aromatic heterocycles. The Hall–Kier alpha value is 0.480. The van der Waals surface area contributed by atoms with Crippen molar-refractivity contribution in [3.8, 4) is 0 Å². The van der Waals surface area contributed by atoms with Gasteiger partial charge in [-0.3, -0.25) is 9.65 Å². The topological polar surface area (TPSA) is 29.1 Å². The van der Waals surface area contributed by atoms with Crippen molar-refractivity contribution in [2.75, 3.05) is 13.7 Å². The van der Waals surface area contributed by atoms with Crippen molar-refractivity contribution in [1.82, 2.24) is 5.09 Å². The van der Waals surface area contributed by atoms with Gasteiger partial charge in [-0.15, -0.1) is 0 Å². The Bertz CT molecular complexity index is 77.6. The van der Waals surface area contributed by atoms with Crippen LogP contribution in [0.1, 0.15) is 0 Å². The molecule has 1 N–H and O–H groups in total. The Morgan fingerprint density at radius 1 is 1.83 bits per heavy atom. The van der Waals surface area contributed by atoms with Crippen molar-refractivity contribution in [2.24, 2.45) is 0 Å². The predicted octanol–water partition coefficient (Wildman–Crippen LogP) is 1.27. The summed E-state index contributed by atoms with van der Waals surface area (Å²) in [5, 5.41) is 2.43. The minimum atomic E-state index is -2.42. The molecule has 38 valence electrons. The van der Waals surface area contributed by atoms with E-state index in [0.29, 0.717) is 0 Å². The summed E-state index contributed by atoms with van der Waals surface area (Å²) in [6.45, 7) is -0.971. The third-order valence-electron chi connectivity index (χ3n) is 0.399. The standard InChI is InChI=1S/C2H7ClNOP/c1-4-6(2,3)5/h1-2H3,(H,4,5). The average Bonchev–Trinajstić information content (AvgIpc) is 1.35. The van der Waals surface area contributed by atoms with Crippen LogP contribution in [0.3, 0.4) is 0 Å². The molecule has 0 spiro atoms. The Labute approximate surface area is 42.1 Å². The molecule has 0 bridgehead atoms. The Kier molecular flexibility index (Phi) is 2.12. The van der Waals surface area contributed by atoms with E-state index in [1.807, 2.05) is 0 Å². The number of rotatable bonds is 1. The van der Waals surface area contributed by atoms with Crippen molar-refractivity contribution >= 4 is 17.9 Å². The molecule has 0 heterocycles. The molecule has 0 saturated heterocycles. The van der Waals surface area contributed by atoms with Gasteiger partial charge >= 0.3 is 0 Å². The maximum Gasteiger partial charge on any atom is 0.229 e. The van der Waals surface area contributed by atoms with E-state index >= 15 is 0 Å². The fourth-order valence-electron chi connectivity index (χ4n) is 0. The molecule has 0 amide bonds. The first kappa shape index (κ1) is 6.48. The highest BCUT2D eigenvalue weighted by Crippen LogP contribution is 2.40. The molecule has 0 saturated carbocycles. The van der Waals surface area contributed by atoms with Crippen molar-refractivity contribution in [3.05, 3.63) is 0 Å². The molecule has 2 nitrogen and oxygen atoms in total. The highest BCUT2D eigenvalue weighted by Gasteiger charge is 2.01. The normalized spacial score (nSPS) is 19.8. The zero-order valence-electron chi connectivity index (χ0n) is 3.73. The first-order valence-electron chi connectivity index (χ1n) is 1.52. The summed E-state index contributed by atoms with van der Waals surface area (Å²) >= 11 is 5.16. The second kappa shape index (κ2) is 1.97. The lowest BCUT2D eigenvalue weighted by Crippen LogP contribution is -1.93. The Balaban J connectivity index is 3.48. The second-order valence-corrected chi connectivity index (χ2v) is 5.07. The van der Waals surface area contributed by atoms with Gasteiger partial charge in [0.15, 0.2) is 0 Å². The van der Waals surface area contributed by atoms with Crippen LogP contribution in [0.2, 0.25) is 0 Å². The minimum Gasteiger partial charge on any atom is -0.290 e. The van der Waals surface area contributed by atoms with Crippen LogP contribution in [0.25, 0.3) is 0 Å². The third kappa shape index (κ3) is 4.48. The molecule has 0 aromatic rings. The number of hydrogen-bond donors (Lipinski definition) is 1. The van der Waals surface area contributed by atoms with Gasteiger partial charge in [0, 0.05) is 6.66 Å². The van der Waals surface area contributed by atoms with Gasteiger partial charge in [-0.1, -0.05) is 0 Å². The molecule has 0 aliphatic carbocycles. The number of hydrogen-bond acceptors (Lipinski definition) is 1. The summed E-state index contributed by atoms with van der Waals surface area (Å²) in [4.78, 5) is 0. The van der Waals surface area contributed by atoms with Crippen LogP contribution in [-0.4, -0.2) is 13.7 Å². The molecule has 0 radical (unpaired) electrons. The van der Waals surface area contributed by atoms with Crippen LogP contribution in [-0.2, 0) is 4.57 Å². The first-order chi connectivity index (χ1) is 2.56. The van der Waals surface area contributed by atoms with Crippen molar-refractivity contribution < 1.29 is 4.57 Å². The van der Waals surface area contributed by atoms with Crippen LogP contribution in [0, 0.1) is 0 Å². The van der Waals surface area contributed by atoms with Crippen molar-refractivity contribution in [1.29, 1.82) is 0 Å². The fourth-order valence-corrected chi connectivity index (χ4v) is 0. The molecule has 1 atom stereocenters. The molecule has 1 unspecified atom stereocenters. The molecule has 0 fully saturated rings. The quantitative estimate of drug-likeness (QED) is 0.538. The highest BCUT2D eigenvalue weighted by atomic mass is 35.7. The maximum atomic E-state index is 10.2. The van der Waals surface area contributed by atoms with E-state index in [2.05, 4.69) is 5.09 Å². The molecule has 0 aliphatic rings. The van der Waals surface area contributed by atoms with E-state index in [1.165, 1.54) is 6.66 Å². The van der Waals surface area contributed by atoms with Crippen LogP contribution in [0.5, 0.6) is 0 Å². The Morgan fingerprint density at radius 2 is 2.00 bits per heavy atom. The zero-order chi connectivity index (χ0) is 5.21. The summed E-state index contributed by atoms with van der Waals surface area (Å²) < 4.78 is 10.2. The molecule has 0 aromatic carbocycles. The van der Waals surface area contributed by atoms with Gasteiger partial charge in [-0.05, 0) is 18.3 Å². The van der Waals surface area contributed by atoms with Gasteiger partial charge in [-0.2, -0.15) is 0 Å². The lowest BCUT2D eigenvalue weighted by atomic mass is 11.6. The molecule has 4 heteroatoms. The van der Waals surface area contributed by atoms with Crippen LogP contribution in [0.15, 0.2) is 0 Å². The molecule has 0 aliphatic heterocycles. The molecule has 6 heavy (non-hydrogen) atoms. The van der Waals surface area contributed by atoms with E-state index in [0.717, 1.165) is 0 Å². The summed E-state index contributed by atoms with van der Waals surface area (Å²) in [7, 11) is 1.56. The monoisotopic (exact) mass is 127 g/mol. The first-order valence-corrected chi connectivity index (χ1v) is 4.58. The van der Waals surface area contributed by atoms with E-state index in [-0.39, 0.29) is 0 Å². The van der Waals surface area contributed by atoms with Gasteiger partial charge < -0.3 is 0 Å². The smallest absolute Gasteiger partial charge is 0.229 e. The number of nitrogens with one attached hydrogen (secondary N) is 1. The molecule has 0 rings (SSSR count).